The first kappa shape index (κ1) is 17.9. The molecule has 0 radical (unpaired) electrons. The van der Waals surface area contributed by atoms with Gasteiger partial charge in [0.2, 0.25) is 0 Å². The zero-order valence-corrected chi connectivity index (χ0v) is 16.4. The van der Waals surface area contributed by atoms with E-state index < -0.39 is 0 Å². The van der Waals surface area contributed by atoms with Crippen molar-refractivity contribution in [1.29, 1.82) is 0 Å². The minimum atomic E-state index is -0.228. The third kappa shape index (κ3) is 3.56. The van der Waals surface area contributed by atoms with Crippen LogP contribution >= 0.6 is 15.9 Å². The number of halogens is 2. The second-order valence-electron chi connectivity index (χ2n) is 6.54. The first-order valence-electron chi connectivity index (χ1n) is 8.44. The molecule has 0 aromatic heterocycles. The van der Waals surface area contributed by atoms with Crippen molar-refractivity contribution in [2.24, 2.45) is 0 Å². The fourth-order valence-electron chi connectivity index (χ4n) is 3.22. The van der Waals surface area contributed by atoms with Crippen LogP contribution in [0.5, 0.6) is 0 Å². The Hall–Kier alpha value is -1.88. The molecule has 3 nitrogen and oxygen atoms in total. The summed E-state index contributed by atoms with van der Waals surface area (Å²) in [7, 11) is 0. The maximum Gasteiger partial charge on any atom is 0.254 e. The van der Waals surface area contributed by atoms with Crippen LogP contribution in [-0.2, 0) is 0 Å². The maximum absolute atomic E-state index is 13.1. The Morgan fingerprint density at radius 3 is 2.16 bits per heavy atom. The van der Waals surface area contributed by atoms with Crippen LogP contribution in [0.4, 0.5) is 10.1 Å². The molecule has 2 aromatic carbocycles. The van der Waals surface area contributed by atoms with E-state index in [0.29, 0.717) is 13.1 Å². The summed E-state index contributed by atoms with van der Waals surface area (Å²) in [5.74, 6) is -0.145. The number of hydrogen-bond donors (Lipinski definition) is 0. The van der Waals surface area contributed by atoms with Crippen LogP contribution in [0.15, 0.2) is 34.8 Å². The molecule has 0 bridgehead atoms. The number of benzene rings is 2. The van der Waals surface area contributed by atoms with Gasteiger partial charge in [-0.25, -0.2) is 4.39 Å². The molecular formula is C20H22BrFN2O. The molecule has 2 aromatic rings. The number of nitrogens with zero attached hydrogens (tertiary/aromatic N) is 2. The van der Waals surface area contributed by atoms with Gasteiger partial charge in [0.1, 0.15) is 5.82 Å². The number of carbonyl (C=O) groups is 1. The van der Waals surface area contributed by atoms with Gasteiger partial charge in [-0.2, -0.15) is 0 Å². The van der Waals surface area contributed by atoms with Crippen molar-refractivity contribution in [2.45, 2.75) is 20.8 Å². The molecule has 1 fully saturated rings. The molecule has 0 atom stereocenters. The molecule has 1 amide bonds. The first-order chi connectivity index (χ1) is 11.9. The molecule has 0 spiro atoms. The Labute approximate surface area is 156 Å². The second-order valence-corrected chi connectivity index (χ2v) is 7.39. The normalized spacial score (nSPS) is 14.8. The largest absolute Gasteiger partial charge is 0.368 e. The predicted octanol–water partition coefficient (Wildman–Crippen LogP) is 4.48. The van der Waals surface area contributed by atoms with Crippen LogP contribution < -0.4 is 4.90 Å². The lowest BCUT2D eigenvalue weighted by molar-refractivity contribution is 0.0746. The molecule has 1 aliphatic heterocycles. The van der Waals surface area contributed by atoms with E-state index in [-0.39, 0.29) is 11.7 Å². The van der Waals surface area contributed by atoms with E-state index in [2.05, 4.69) is 34.7 Å². The van der Waals surface area contributed by atoms with E-state index in [0.717, 1.165) is 39.9 Å². The van der Waals surface area contributed by atoms with Crippen molar-refractivity contribution in [3.63, 3.8) is 0 Å². The van der Waals surface area contributed by atoms with E-state index >= 15 is 0 Å². The zero-order valence-electron chi connectivity index (χ0n) is 14.8. The van der Waals surface area contributed by atoms with Gasteiger partial charge < -0.3 is 9.80 Å². The summed E-state index contributed by atoms with van der Waals surface area (Å²) < 4.78 is 14.0. The van der Waals surface area contributed by atoms with Crippen LogP contribution in [0, 0.1) is 26.6 Å². The zero-order chi connectivity index (χ0) is 18.1. The summed E-state index contributed by atoms with van der Waals surface area (Å²) in [4.78, 5) is 17.1. The van der Waals surface area contributed by atoms with Gasteiger partial charge in [0, 0.05) is 41.9 Å². The Morgan fingerprint density at radius 1 is 0.960 bits per heavy atom. The molecule has 132 valence electrons. The van der Waals surface area contributed by atoms with E-state index in [1.165, 1.54) is 17.7 Å². The predicted molar refractivity (Wildman–Crippen MR) is 103 cm³/mol. The van der Waals surface area contributed by atoms with Crippen molar-refractivity contribution in [3.8, 4) is 0 Å². The number of amides is 1. The van der Waals surface area contributed by atoms with E-state index in [4.69, 9.17) is 0 Å². The fourth-order valence-corrected chi connectivity index (χ4v) is 3.74. The summed E-state index contributed by atoms with van der Waals surface area (Å²) >= 11 is 3.56. The molecule has 3 rings (SSSR count). The highest BCUT2D eigenvalue weighted by Gasteiger charge is 2.24. The van der Waals surface area contributed by atoms with Gasteiger partial charge in [-0.3, -0.25) is 4.79 Å². The highest BCUT2D eigenvalue weighted by atomic mass is 79.9. The molecule has 1 heterocycles. The highest BCUT2D eigenvalue weighted by molar-refractivity contribution is 9.10. The minimum absolute atomic E-state index is 0.0834. The third-order valence-corrected chi connectivity index (χ3v) is 5.97. The number of carbonyl (C=O) groups excluding carboxylic acids is 1. The van der Waals surface area contributed by atoms with Gasteiger partial charge in [0.05, 0.1) is 0 Å². The molecule has 1 saturated heterocycles. The molecule has 0 saturated carbocycles. The summed E-state index contributed by atoms with van der Waals surface area (Å²) in [6.45, 7) is 8.96. The summed E-state index contributed by atoms with van der Waals surface area (Å²) in [6.07, 6.45) is 0. The lowest BCUT2D eigenvalue weighted by Gasteiger charge is -2.36. The Balaban J connectivity index is 1.73. The van der Waals surface area contributed by atoms with Crippen molar-refractivity contribution < 1.29 is 9.18 Å². The second kappa shape index (κ2) is 7.16. The number of piperazine rings is 1. The standard InChI is InChI=1S/C20H22BrFN2O/c1-13-14(2)18(12-19(21)15(13)3)20(25)24-10-8-23(9-11-24)17-6-4-16(22)5-7-17/h4-7,12H,8-11H2,1-3H3. The quantitative estimate of drug-likeness (QED) is 0.736. The van der Waals surface area contributed by atoms with Gasteiger partial charge in [-0.05, 0) is 67.8 Å². The molecule has 0 unspecified atom stereocenters. The molecule has 25 heavy (non-hydrogen) atoms. The number of hydrogen-bond acceptors (Lipinski definition) is 2. The molecule has 5 heteroatoms. The van der Waals surface area contributed by atoms with Crippen molar-refractivity contribution in [1.82, 2.24) is 4.90 Å². The monoisotopic (exact) mass is 404 g/mol. The Bertz CT molecular complexity index is 796. The number of rotatable bonds is 2. The van der Waals surface area contributed by atoms with Gasteiger partial charge in [-0.15, -0.1) is 0 Å². The van der Waals surface area contributed by atoms with Crippen molar-refractivity contribution >= 4 is 27.5 Å². The average molecular weight is 405 g/mol. The third-order valence-electron chi connectivity index (χ3n) is 5.15. The van der Waals surface area contributed by atoms with Gasteiger partial charge in [-0.1, -0.05) is 15.9 Å². The summed E-state index contributed by atoms with van der Waals surface area (Å²) in [5, 5.41) is 0. The SMILES string of the molecule is Cc1c(Br)cc(C(=O)N2CCN(c3ccc(F)cc3)CC2)c(C)c1C. The van der Waals surface area contributed by atoms with Crippen molar-refractivity contribution in [2.75, 3.05) is 31.1 Å². The summed E-state index contributed by atoms with van der Waals surface area (Å²) in [5.41, 5.74) is 5.15. The van der Waals surface area contributed by atoms with Gasteiger partial charge >= 0.3 is 0 Å². The van der Waals surface area contributed by atoms with Crippen LogP contribution in [0.25, 0.3) is 0 Å². The molecule has 1 aliphatic rings. The minimum Gasteiger partial charge on any atom is -0.368 e. The van der Waals surface area contributed by atoms with Crippen LogP contribution in [0.2, 0.25) is 0 Å². The maximum atomic E-state index is 13.1. The number of anilines is 1. The topological polar surface area (TPSA) is 23.6 Å². The molecule has 0 N–H and O–H groups in total. The van der Waals surface area contributed by atoms with Crippen LogP contribution in [-0.4, -0.2) is 37.0 Å². The first-order valence-corrected chi connectivity index (χ1v) is 9.24. The lowest BCUT2D eigenvalue weighted by Crippen LogP contribution is -2.49. The van der Waals surface area contributed by atoms with Crippen LogP contribution in [0.1, 0.15) is 27.0 Å². The molecular weight excluding hydrogens is 383 g/mol. The fraction of sp³-hybridized carbons (Fsp3) is 0.350. The van der Waals surface area contributed by atoms with Gasteiger partial charge in [0.25, 0.3) is 5.91 Å². The summed E-state index contributed by atoms with van der Waals surface area (Å²) in [6, 6.07) is 8.47. The van der Waals surface area contributed by atoms with Gasteiger partial charge in [0.15, 0.2) is 0 Å². The lowest BCUT2D eigenvalue weighted by atomic mass is 9.98. The van der Waals surface area contributed by atoms with Crippen LogP contribution in [0.3, 0.4) is 0 Å². The van der Waals surface area contributed by atoms with Crippen molar-refractivity contribution in [3.05, 3.63) is 62.9 Å². The van der Waals surface area contributed by atoms with E-state index in [1.54, 1.807) is 12.1 Å². The highest BCUT2D eigenvalue weighted by Crippen LogP contribution is 2.27. The Kier molecular flexibility index (Phi) is 5.13. The molecule has 0 aliphatic carbocycles. The Morgan fingerprint density at radius 2 is 1.56 bits per heavy atom. The average Bonchev–Trinajstić information content (AvgIpc) is 2.63. The van der Waals surface area contributed by atoms with E-state index in [1.807, 2.05) is 17.9 Å². The smallest absolute Gasteiger partial charge is 0.254 e. The van der Waals surface area contributed by atoms with E-state index in [9.17, 15) is 9.18 Å².